The molecule has 1 aromatic carbocycles. The van der Waals surface area contributed by atoms with E-state index in [1.165, 1.54) is 16.6 Å². The highest BCUT2D eigenvalue weighted by Crippen LogP contribution is 2.24. The van der Waals surface area contributed by atoms with Crippen LogP contribution in [0.1, 0.15) is 46.1 Å². The molecule has 3 N–H and O–H groups in total. The highest BCUT2D eigenvalue weighted by atomic mass is 16.5. The van der Waals surface area contributed by atoms with Crippen LogP contribution in [-0.4, -0.2) is 42.3 Å². The Labute approximate surface area is 188 Å². The summed E-state index contributed by atoms with van der Waals surface area (Å²) in [4.78, 5) is 41.3. The molecule has 0 bridgehead atoms. The van der Waals surface area contributed by atoms with E-state index in [1.807, 2.05) is 19.1 Å². The van der Waals surface area contributed by atoms with Crippen LogP contribution < -0.4 is 26.6 Å². The maximum atomic E-state index is 13.0. The van der Waals surface area contributed by atoms with Gasteiger partial charge in [0.25, 0.3) is 11.5 Å². The molecule has 9 nitrogen and oxygen atoms in total. The topological polar surface area (TPSA) is 120 Å². The van der Waals surface area contributed by atoms with Crippen LogP contribution >= 0.6 is 0 Å². The predicted molar refractivity (Wildman–Crippen MR) is 126 cm³/mol. The van der Waals surface area contributed by atoms with Crippen LogP contribution in [0.5, 0.6) is 5.75 Å². The molecule has 0 radical (unpaired) electrons. The number of aromatic nitrogens is 2. The molecule has 2 rings (SSSR count). The van der Waals surface area contributed by atoms with Crippen LogP contribution in [0.3, 0.4) is 0 Å². The lowest BCUT2D eigenvalue weighted by molar-refractivity contribution is -0.120. The minimum absolute atomic E-state index is 0.00469. The molecule has 0 fully saturated rings. The maximum absolute atomic E-state index is 13.0. The maximum Gasteiger partial charge on any atom is 0.330 e. The zero-order chi connectivity index (χ0) is 23.9. The van der Waals surface area contributed by atoms with Crippen molar-refractivity contribution in [1.82, 2.24) is 9.55 Å². The number of carbonyl (C=O) groups is 1. The molecule has 1 amide bonds. The van der Waals surface area contributed by atoms with Gasteiger partial charge >= 0.3 is 5.69 Å². The number of nitrogens with one attached hydrogen (secondary N) is 1. The Morgan fingerprint density at radius 1 is 1.19 bits per heavy atom. The lowest BCUT2D eigenvalue weighted by Gasteiger charge is -2.24. The Morgan fingerprint density at radius 2 is 1.84 bits per heavy atom. The number of benzene rings is 1. The lowest BCUT2D eigenvalue weighted by atomic mass is 9.87. The summed E-state index contributed by atoms with van der Waals surface area (Å²) >= 11 is 0. The van der Waals surface area contributed by atoms with E-state index in [2.05, 4.69) is 25.8 Å². The van der Waals surface area contributed by atoms with E-state index in [9.17, 15) is 14.4 Å². The van der Waals surface area contributed by atoms with E-state index in [4.69, 9.17) is 15.2 Å². The van der Waals surface area contributed by atoms with Crippen LogP contribution in [0.15, 0.2) is 33.9 Å². The first-order valence-electron chi connectivity index (χ1n) is 10.7. The van der Waals surface area contributed by atoms with Gasteiger partial charge in [0.2, 0.25) is 0 Å². The molecule has 0 aliphatic carbocycles. The molecular weight excluding hydrogens is 412 g/mol. The SMILES string of the molecule is CCCCn1c(N)c(N(CCOC)C(=O)COc2ccc(C(C)(C)C)cc2)c(=O)[nH]c1=O. The summed E-state index contributed by atoms with van der Waals surface area (Å²) in [6.07, 6.45) is 1.55. The fraction of sp³-hybridized carbons (Fsp3) is 0.522. The molecule has 1 aromatic heterocycles. The van der Waals surface area contributed by atoms with Crippen LogP contribution in [0.25, 0.3) is 0 Å². The molecular formula is C23H34N4O5. The first kappa shape index (κ1) is 25.2. The van der Waals surface area contributed by atoms with Gasteiger partial charge in [-0.05, 0) is 29.5 Å². The molecule has 176 valence electrons. The van der Waals surface area contributed by atoms with Gasteiger partial charge in [0.1, 0.15) is 11.6 Å². The first-order chi connectivity index (χ1) is 15.1. The third-order valence-corrected chi connectivity index (χ3v) is 5.12. The number of amides is 1. The molecule has 0 spiro atoms. The largest absolute Gasteiger partial charge is 0.484 e. The Morgan fingerprint density at radius 3 is 2.41 bits per heavy atom. The zero-order valence-electron chi connectivity index (χ0n) is 19.6. The van der Waals surface area contributed by atoms with E-state index in [0.29, 0.717) is 18.7 Å². The Balaban J connectivity index is 2.29. The molecule has 0 aliphatic rings. The van der Waals surface area contributed by atoms with E-state index >= 15 is 0 Å². The van der Waals surface area contributed by atoms with E-state index in [0.717, 1.165) is 12.0 Å². The quantitative estimate of drug-likeness (QED) is 0.578. The monoisotopic (exact) mass is 446 g/mol. The summed E-state index contributed by atoms with van der Waals surface area (Å²) in [6.45, 7) is 8.62. The van der Waals surface area contributed by atoms with Crippen molar-refractivity contribution in [3.05, 3.63) is 50.7 Å². The number of rotatable bonds is 10. The van der Waals surface area contributed by atoms with Crippen molar-refractivity contribution < 1.29 is 14.3 Å². The van der Waals surface area contributed by atoms with Crippen molar-refractivity contribution in [2.45, 2.75) is 52.5 Å². The smallest absolute Gasteiger partial charge is 0.330 e. The number of unbranched alkanes of at least 4 members (excludes halogenated alkanes) is 1. The average molecular weight is 447 g/mol. The summed E-state index contributed by atoms with van der Waals surface area (Å²) < 4.78 is 12.0. The van der Waals surface area contributed by atoms with Gasteiger partial charge in [0.15, 0.2) is 12.3 Å². The number of carbonyl (C=O) groups excluding carboxylic acids is 1. The van der Waals surface area contributed by atoms with Gasteiger partial charge in [-0.25, -0.2) is 4.79 Å². The summed E-state index contributed by atoms with van der Waals surface area (Å²) in [5.74, 6) is 0.0128. The normalized spacial score (nSPS) is 11.4. The summed E-state index contributed by atoms with van der Waals surface area (Å²) in [6, 6.07) is 7.52. The van der Waals surface area contributed by atoms with Crippen molar-refractivity contribution in [1.29, 1.82) is 0 Å². The van der Waals surface area contributed by atoms with Crippen LogP contribution in [0, 0.1) is 0 Å². The number of hydrogen-bond acceptors (Lipinski definition) is 6. The number of nitrogens with two attached hydrogens (primary N) is 1. The van der Waals surface area contributed by atoms with Gasteiger partial charge in [0, 0.05) is 20.2 Å². The molecule has 0 saturated heterocycles. The molecule has 0 unspecified atom stereocenters. The molecule has 1 heterocycles. The van der Waals surface area contributed by atoms with Gasteiger partial charge in [-0.2, -0.15) is 0 Å². The van der Waals surface area contributed by atoms with Crippen LogP contribution in [0.4, 0.5) is 11.5 Å². The highest BCUT2D eigenvalue weighted by molar-refractivity contribution is 5.96. The molecule has 32 heavy (non-hydrogen) atoms. The lowest BCUT2D eigenvalue weighted by Crippen LogP contribution is -2.44. The summed E-state index contributed by atoms with van der Waals surface area (Å²) in [7, 11) is 1.49. The van der Waals surface area contributed by atoms with Gasteiger partial charge in [-0.3, -0.25) is 24.0 Å². The fourth-order valence-electron chi connectivity index (χ4n) is 3.19. The van der Waals surface area contributed by atoms with E-state index < -0.39 is 17.2 Å². The second-order valence-electron chi connectivity index (χ2n) is 8.60. The third kappa shape index (κ3) is 6.23. The Hall–Kier alpha value is -3.07. The molecule has 2 aromatic rings. The molecule has 9 heteroatoms. The third-order valence-electron chi connectivity index (χ3n) is 5.12. The van der Waals surface area contributed by atoms with Gasteiger partial charge in [-0.1, -0.05) is 46.2 Å². The van der Waals surface area contributed by atoms with Crippen molar-refractivity contribution in [2.24, 2.45) is 0 Å². The minimum Gasteiger partial charge on any atom is -0.484 e. The van der Waals surface area contributed by atoms with Gasteiger partial charge in [0.05, 0.1) is 6.61 Å². The zero-order valence-corrected chi connectivity index (χ0v) is 19.6. The highest BCUT2D eigenvalue weighted by Gasteiger charge is 2.24. The molecule has 0 aliphatic heterocycles. The van der Waals surface area contributed by atoms with Gasteiger partial charge < -0.3 is 15.2 Å². The number of methoxy groups -OCH3 is 1. The van der Waals surface area contributed by atoms with Crippen LogP contribution in [-0.2, 0) is 21.5 Å². The number of hydrogen-bond donors (Lipinski definition) is 2. The molecule has 0 atom stereocenters. The predicted octanol–water partition coefficient (Wildman–Crippen LogP) is 2.27. The Bertz CT molecular complexity index is 1020. The second kappa shape index (κ2) is 11.0. The average Bonchev–Trinajstić information content (AvgIpc) is 2.73. The molecule has 0 saturated carbocycles. The van der Waals surface area contributed by atoms with E-state index in [1.54, 1.807) is 12.1 Å². The van der Waals surface area contributed by atoms with Crippen molar-refractivity contribution in [3.63, 3.8) is 0 Å². The van der Waals surface area contributed by atoms with Gasteiger partial charge in [-0.15, -0.1) is 0 Å². The first-order valence-corrected chi connectivity index (χ1v) is 10.7. The number of anilines is 2. The standard InChI is InChI=1S/C23H34N4O5/c1-6-7-12-27-20(24)19(21(29)25-22(27)30)26(13-14-31-5)18(28)15-32-17-10-8-16(9-11-17)23(2,3)4/h8-11H,6-7,12-15,24H2,1-5H3,(H,25,29,30). The number of aromatic amines is 1. The van der Waals surface area contributed by atoms with Crippen LogP contribution in [0.2, 0.25) is 0 Å². The number of nitrogen functional groups attached to an aromatic ring is 1. The number of H-pyrrole nitrogens is 1. The van der Waals surface area contributed by atoms with Crippen molar-refractivity contribution >= 4 is 17.4 Å². The van der Waals surface area contributed by atoms with Crippen molar-refractivity contribution in [3.8, 4) is 5.75 Å². The van der Waals surface area contributed by atoms with E-state index in [-0.39, 0.29) is 36.7 Å². The number of ether oxygens (including phenoxy) is 2. The minimum atomic E-state index is -0.723. The number of nitrogens with zero attached hydrogens (tertiary/aromatic N) is 2. The second-order valence-corrected chi connectivity index (χ2v) is 8.60. The fourth-order valence-corrected chi connectivity index (χ4v) is 3.19. The Kier molecular flexibility index (Phi) is 8.65. The van der Waals surface area contributed by atoms with Crippen molar-refractivity contribution in [2.75, 3.05) is 37.5 Å². The summed E-state index contributed by atoms with van der Waals surface area (Å²) in [5.41, 5.74) is 5.92. The summed E-state index contributed by atoms with van der Waals surface area (Å²) in [5, 5.41) is 0.